The highest BCUT2D eigenvalue weighted by Gasteiger charge is 2.41. The van der Waals surface area contributed by atoms with Gasteiger partial charge in [-0.1, -0.05) is 6.92 Å². The molecule has 3 nitrogen and oxygen atoms in total. The number of nitrogens with one attached hydrogen (secondary N) is 1. The second-order valence-electron chi connectivity index (χ2n) is 4.99. The zero-order chi connectivity index (χ0) is 10.8. The third kappa shape index (κ3) is 2.69. The highest BCUT2D eigenvalue weighted by Crippen LogP contribution is 2.39. The van der Waals surface area contributed by atoms with Crippen LogP contribution >= 0.6 is 0 Å². The van der Waals surface area contributed by atoms with E-state index in [2.05, 4.69) is 26.1 Å². The Morgan fingerprint density at radius 2 is 2.07 bits per heavy atom. The Morgan fingerprint density at radius 3 is 2.43 bits per heavy atom. The molecule has 3 heteroatoms. The van der Waals surface area contributed by atoms with Gasteiger partial charge in [0, 0.05) is 24.7 Å². The molecule has 3 unspecified atom stereocenters. The minimum Gasteiger partial charge on any atom is -0.396 e. The molecule has 3 atom stereocenters. The van der Waals surface area contributed by atoms with Gasteiger partial charge in [0.2, 0.25) is 0 Å². The molecule has 0 heterocycles. The summed E-state index contributed by atoms with van der Waals surface area (Å²) in [5.41, 5.74) is 5.89. The summed E-state index contributed by atoms with van der Waals surface area (Å²) < 4.78 is 0. The van der Waals surface area contributed by atoms with Crippen molar-refractivity contribution in [1.82, 2.24) is 5.32 Å². The molecule has 1 fully saturated rings. The number of aliphatic hydroxyl groups excluding tert-OH is 1. The lowest BCUT2D eigenvalue weighted by atomic mass is 9.92. The second kappa shape index (κ2) is 4.60. The third-order valence-electron chi connectivity index (χ3n) is 3.60. The highest BCUT2D eigenvalue weighted by molar-refractivity contribution is 5.00. The van der Waals surface area contributed by atoms with Gasteiger partial charge in [-0.25, -0.2) is 0 Å². The first-order chi connectivity index (χ1) is 6.53. The van der Waals surface area contributed by atoms with E-state index < -0.39 is 0 Å². The van der Waals surface area contributed by atoms with Crippen molar-refractivity contribution in [3.63, 3.8) is 0 Å². The lowest BCUT2D eigenvalue weighted by Gasteiger charge is -2.35. The fourth-order valence-electron chi connectivity index (χ4n) is 1.88. The monoisotopic (exact) mass is 200 g/mol. The molecule has 1 aliphatic carbocycles. The van der Waals surface area contributed by atoms with E-state index in [0.717, 1.165) is 5.92 Å². The Kier molecular flexibility index (Phi) is 3.93. The van der Waals surface area contributed by atoms with Crippen LogP contribution in [-0.4, -0.2) is 29.8 Å². The molecule has 0 saturated heterocycles. The summed E-state index contributed by atoms with van der Waals surface area (Å²) in [5.74, 6) is 1.03. The van der Waals surface area contributed by atoms with Crippen LogP contribution < -0.4 is 11.1 Å². The summed E-state index contributed by atoms with van der Waals surface area (Å²) in [4.78, 5) is 0. The molecule has 0 spiro atoms. The second-order valence-corrected chi connectivity index (χ2v) is 4.99. The zero-order valence-electron chi connectivity index (χ0n) is 9.59. The third-order valence-corrected chi connectivity index (χ3v) is 3.60. The van der Waals surface area contributed by atoms with Crippen molar-refractivity contribution in [2.45, 2.75) is 45.2 Å². The summed E-state index contributed by atoms with van der Waals surface area (Å²) in [6.45, 7) is 7.30. The minimum absolute atomic E-state index is 0.0723. The molecule has 14 heavy (non-hydrogen) atoms. The molecule has 0 aromatic rings. The van der Waals surface area contributed by atoms with E-state index in [1.807, 2.05) is 0 Å². The summed E-state index contributed by atoms with van der Waals surface area (Å²) in [7, 11) is 0. The largest absolute Gasteiger partial charge is 0.396 e. The van der Waals surface area contributed by atoms with Gasteiger partial charge < -0.3 is 16.2 Å². The van der Waals surface area contributed by atoms with E-state index in [4.69, 9.17) is 10.8 Å². The van der Waals surface area contributed by atoms with Crippen LogP contribution in [0, 0.1) is 11.8 Å². The van der Waals surface area contributed by atoms with Gasteiger partial charge >= 0.3 is 0 Å². The molecular formula is C11H24N2O. The van der Waals surface area contributed by atoms with Crippen LogP contribution in [0.3, 0.4) is 0 Å². The quantitative estimate of drug-likeness (QED) is 0.592. The van der Waals surface area contributed by atoms with Crippen LogP contribution in [-0.2, 0) is 0 Å². The van der Waals surface area contributed by atoms with Crippen molar-refractivity contribution in [2.24, 2.45) is 17.6 Å². The smallest absolute Gasteiger partial charge is 0.0471 e. The van der Waals surface area contributed by atoms with Gasteiger partial charge in [0.25, 0.3) is 0 Å². The first-order valence-electron chi connectivity index (χ1n) is 5.62. The molecule has 84 valence electrons. The average Bonchev–Trinajstić information content (AvgIpc) is 2.99. The molecule has 1 rings (SSSR count). The molecule has 1 saturated carbocycles. The van der Waals surface area contributed by atoms with E-state index in [1.165, 1.54) is 12.8 Å². The topological polar surface area (TPSA) is 58.3 Å². The average molecular weight is 200 g/mol. The molecule has 0 amide bonds. The standard InChI is InChI=1S/C11H24N2O/c1-8(6-14)9(2)13-11(3,7-12)10-4-5-10/h8-10,13-14H,4-7,12H2,1-3H3. The maximum absolute atomic E-state index is 9.06. The maximum atomic E-state index is 9.06. The Hall–Kier alpha value is -0.120. The lowest BCUT2D eigenvalue weighted by molar-refractivity contribution is 0.177. The Bertz CT molecular complexity index is 182. The predicted molar refractivity (Wildman–Crippen MR) is 59.0 cm³/mol. The fourth-order valence-corrected chi connectivity index (χ4v) is 1.88. The molecule has 0 aromatic heterocycles. The highest BCUT2D eigenvalue weighted by atomic mass is 16.3. The van der Waals surface area contributed by atoms with Crippen molar-refractivity contribution in [3.8, 4) is 0 Å². The van der Waals surface area contributed by atoms with Crippen LogP contribution in [0.4, 0.5) is 0 Å². The van der Waals surface area contributed by atoms with Gasteiger partial charge in [0.15, 0.2) is 0 Å². The fraction of sp³-hybridized carbons (Fsp3) is 1.00. The molecule has 4 N–H and O–H groups in total. The van der Waals surface area contributed by atoms with Gasteiger partial charge in [0.05, 0.1) is 0 Å². The SMILES string of the molecule is CC(CO)C(C)NC(C)(CN)C1CC1. The van der Waals surface area contributed by atoms with Gasteiger partial charge in [-0.15, -0.1) is 0 Å². The predicted octanol–water partition coefficient (Wildman–Crippen LogP) is 0.720. The van der Waals surface area contributed by atoms with Crippen LogP contribution in [0.1, 0.15) is 33.6 Å². The maximum Gasteiger partial charge on any atom is 0.0471 e. The van der Waals surface area contributed by atoms with Gasteiger partial charge in [-0.2, -0.15) is 0 Å². The first kappa shape index (κ1) is 12.0. The van der Waals surface area contributed by atoms with Gasteiger partial charge in [-0.05, 0) is 38.5 Å². The molecule has 0 radical (unpaired) electrons. The van der Waals surface area contributed by atoms with Crippen molar-refractivity contribution in [3.05, 3.63) is 0 Å². The van der Waals surface area contributed by atoms with Crippen LogP contribution in [0.5, 0.6) is 0 Å². The van der Waals surface area contributed by atoms with E-state index in [0.29, 0.717) is 18.5 Å². The summed E-state index contributed by atoms with van der Waals surface area (Å²) in [5, 5.41) is 12.6. The van der Waals surface area contributed by atoms with Gasteiger partial charge in [0.1, 0.15) is 0 Å². The zero-order valence-corrected chi connectivity index (χ0v) is 9.59. The van der Waals surface area contributed by atoms with Crippen molar-refractivity contribution in [2.75, 3.05) is 13.2 Å². The Labute approximate surface area is 87.1 Å². The number of aliphatic hydroxyl groups is 1. The van der Waals surface area contributed by atoms with Crippen molar-refractivity contribution >= 4 is 0 Å². The van der Waals surface area contributed by atoms with Crippen LogP contribution in [0.15, 0.2) is 0 Å². The van der Waals surface area contributed by atoms with Crippen LogP contribution in [0.25, 0.3) is 0 Å². The minimum atomic E-state index is 0.0723. The Morgan fingerprint density at radius 1 is 1.50 bits per heavy atom. The Balaban J connectivity index is 2.46. The van der Waals surface area contributed by atoms with E-state index in [1.54, 1.807) is 0 Å². The van der Waals surface area contributed by atoms with Gasteiger partial charge in [-0.3, -0.25) is 0 Å². The molecular weight excluding hydrogens is 176 g/mol. The summed E-state index contributed by atoms with van der Waals surface area (Å²) in [6, 6.07) is 0.328. The van der Waals surface area contributed by atoms with Crippen molar-refractivity contribution < 1.29 is 5.11 Å². The lowest BCUT2D eigenvalue weighted by Crippen LogP contribution is -2.55. The molecule has 0 aliphatic heterocycles. The summed E-state index contributed by atoms with van der Waals surface area (Å²) in [6.07, 6.45) is 2.59. The van der Waals surface area contributed by atoms with E-state index >= 15 is 0 Å². The first-order valence-corrected chi connectivity index (χ1v) is 5.62. The molecule has 1 aliphatic rings. The number of nitrogens with two attached hydrogens (primary N) is 1. The number of hydrogen-bond acceptors (Lipinski definition) is 3. The number of hydrogen-bond donors (Lipinski definition) is 3. The summed E-state index contributed by atoms with van der Waals surface area (Å²) >= 11 is 0. The number of rotatable bonds is 6. The van der Waals surface area contributed by atoms with Crippen molar-refractivity contribution in [1.29, 1.82) is 0 Å². The van der Waals surface area contributed by atoms with E-state index in [9.17, 15) is 0 Å². The normalized spacial score (nSPS) is 25.5. The van der Waals surface area contributed by atoms with E-state index in [-0.39, 0.29) is 12.1 Å². The molecule has 0 aromatic carbocycles. The molecule has 0 bridgehead atoms. The van der Waals surface area contributed by atoms with Crippen LogP contribution in [0.2, 0.25) is 0 Å².